The van der Waals surface area contributed by atoms with Crippen molar-refractivity contribution < 1.29 is 28.7 Å². The topological polar surface area (TPSA) is 86.7 Å². The Labute approximate surface area is 124 Å². The summed E-state index contributed by atoms with van der Waals surface area (Å²) in [5.41, 5.74) is -2.81. The zero-order chi connectivity index (χ0) is 15.5. The maximum absolute atomic E-state index is 12.2. The third kappa shape index (κ3) is 1.17. The third-order valence-corrected chi connectivity index (χ3v) is 4.27. The molecular weight excluding hydrogens is 288 g/mol. The number of carbonyl (C=O) groups excluding carboxylic acids is 4. The Bertz CT molecular complexity index is 784. The first kappa shape index (κ1) is 12.7. The predicted molar refractivity (Wildman–Crippen MR) is 70.6 cm³/mol. The lowest BCUT2D eigenvalue weighted by molar-refractivity contribution is -0.165. The van der Waals surface area contributed by atoms with Crippen LogP contribution in [0.25, 0.3) is 5.57 Å². The van der Waals surface area contributed by atoms with E-state index in [0.29, 0.717) is 5.57 Å². The maximum Gasteiger partial charge on any atom is 0.337 e. The highest BCUT2D eigenvalue weighted by Gasteiger charge is 2.81. The van der Waals surface area contributed by atoms with Crippen LogP contribution in [0.2, 0.25) is 0 Å². The average Bonchev–Trinajstić information content (AvgIpc) is 2.90. The highest BCUT2D eigenvalue weighted by Crippen LogP contribution is 2.58. The van der Waals surface area contributed by atoms with Crippen LogP contribution in [0.4, 0.5) is 0 Å². The van der Waals surface area contributed by atoms with Crippen molar-refractivity contribution >= 4 is 29.5 Å². The van der Waals surface area contributed by atoms with Crippen molar-refractivity contribution in [2.45, 2.75) is 0 Å². The first-order valence-corrected chi connectivity index (χ1v) is 6.53. The highest BCUT2D eigenvalue weighted by atomic mass is 16.6. The van der Waals surface area contributed by atoms with Gasteiger partial charge in [0.25, 0.3) is 0 Å². The minimum absolute atomic E-state index is 0.537. The molecule has 4 rings (SSSR count). The van der Waals surface area contributed by atoms with Crippen LogP contribution < -0.4 is 0 Å². The molecule has 1 aromatic rings. The van der Waals surface area contributed by atoms with Crippen LogP contribution in [0, 0.1) is 10.8 Å². The molecular formula is C16H8O6. The van der Waals surface area contributed by atoms with Crippen molar-refractivity contribution in [2.75, 3.05) is 0 Å². The Morgan fingerprint density at radius 2 is 1.27 bits per heavy atom. The Hall–Kier alpha value is -3.02. The van der Waals surface area contributed by atoms with Gasteiger partial charge in [-0.15, -0.1) is 0 Å². The molecule has 0 bridgehead atoms. The monoisotopic (exact) mass is 296 g/mol. The molecule has 2 heterocycles. The van der Waals surface area contributed by atoms with Crippen LogP contribution >= 0.6 is 0 Å². The van der Waals surface area contributed by atoms with Crippen molar-refractivity contribution in [3.8, 4) is 0 Å². The lowest BCUT2D eigenvalue weighted by Gasteiger charge is -2.26. The summed E-state index contributed by atoms with van der Waals surface area (Å²) >= 11 is 0. The number of esters is 4. The summed E-state index contributed by atoms with van der Waals surface area (Å²) in [6, 6.07) is 8.97. The van der Waals surface area contributed by atoms with Crippen molar-refractivity contribution in [2.24, 2.45) is 10.8 Å². The molecule has 2 aliphatic heterocycles. The summed E-state index contributed by atoms with van der Waals surface area (Å²) in [6.07, 6.45) is 4.05. The van der Waals surface area contributed by atoms with Gasteiger partial charge in [-0.05, 0) is 17.2 Å². The van der Waals surface area contributed by atoms with Crippen molar-refractivity contribution in [3.05, 3.63) is 54.1 Å². The van der Waals surface area contributed by atoms with E-state index in [4.69, 9.17) is 0 Å². The van der Waals surface area contributed by atoms with Gasteiger partial charge in [0.05, 0.1) is 0 Å². The minimum Gasteiger partial charge on any atom is -0.391 e. The third-order valence-electron chi connectivity index (χ3n) is 4.27. The van der Waals surface area contributed by atoms with Gasteiger partial charge in [-0.25, -0.2) is 19.2 Å². The first-order valence-electron chi connectivity index (χ1n) is 6.53. The van der Waals surface area contributed by atoms with E-state index in [9.17, 15) is 19.2 Å². The van der Waals surface area contributed by atoms with Gasteiger partial charge in [-0.2, -0.15) is 0 Å². The van der Waals surface area contributed by atoms with Gasteiger partial charge in [0.1, 0.15) is 0 Å². The van der Waals surface area contributed by atoms with E-state index in [1.807, 2.05) is 6.07 Å². The smallest absolute Gasteiger partial charge is 0.337 e. The molecule has 1 aliphatic carbocycles. The molecule has 2 fully saturated rings. The van der Waals surface area contributed by atoms with Crippen LogP contribution in [-0.4, -0.2) is 23.9 Å². The summed E-state index contributed by atoms with van der Waals surface area (Å²) in [7, 11) is 0. The molecule has 6 heteroatoms. The Kier molecular flexibility index (Phi) is 2.19. The number of hydrogen-bond donors (Lipinski definition) is 0. The molecule has 0 radical (unpaired) electrons. The average molecular weight is 296 g/mol. The lowest BCUT2D eigenvalue weighted by atomic mass is 9.63. The molecule has 0 saturated carbocycles. The number of ether oxygens (including phenoxy) is 2. The number of rotatable bonds is 1. The van der Waals surface area contributed by atoms with Crippen molar-refractivity contribution in [3.63, 3.8) is 0 Å². The standard InChI is InChI=1S/C16H8O6/c17-11-15-7-6-10(9-4-2-1-3-5-9)8-16(15,13(19)21-11)14(20)22-12(15)18/h1-8H. The fraction of sp³-hybridized carbons (Fsp3) is 0.125. The van der Waals surface area contributed by atoms with Gasteiger partial charge >= 0.3 is 23.9 Å². The summed E-state index contributed by atoms with van der Waals surface area (Å²) in [5, 5.41) is 0. The van der Waals surface area contributed by atoms with Crippen LogP contribution in [0.5, 0.6) is 0 Å². The zero-order valence-electron chi connectivity index (χ0n) is 11.1. The van der Waals surface area contributed by atoms with E-state index in [1.165, 1.54) is 18.2 Å². The second-order valence-electron chi connectivity index (χ2n) is 5.27. The van der Waals surface area contributed by atoms with E-state index in [2.05, 4.69) is 9.47 Å². The summed E-state index contributed by atoms with van der Waals surface area (Å²) in [6.45, 7) is 0. The number of carbonyl (C=O) groups is 4. The van der Waals surface area contributed by atoms with Gasteiger partial charge < -0.3 is 9.47 Å². The van der Waals surface area contributed by atoms with E-state index >= 15 is 0 Å². The molecule has 3 aliphatic rings. The van der Waals surface area contributed by atoms with Crippen LogP contribution in [0.1, 0.15) is 5.56 Å². The lowest BCUT2D eigenvalue weighted by Crippen LogP contribution is -2.46. The molecule has 108 valence electrons. The van der Waals surface area contributed by atoms with E-state index in [1.54, 1.807) is 24.3 Å². The Balaban J connectivity index is 1.99. The van der Waals surface area contributed by atoms with Crippen LogP contribution in [-0.2, 0) is 28.7 Å². The predicted octanol–water partition coefficient (Wildman–Crippen LogP) is 0.779. The van der Waals surface area contributed by atoms with E-state index in [-0.39, 0.29) is 0 Å². The quantitative estimate of drug-likeness (QED) is 0.562. The molecule has 6 nitrogen and oxygen atoms in total. The molecule has 2 saturated heterocycles. The SMILES string of the molecule is O=C1OC(=O)C23C=C(c4ccccc4)C=CC12C(=O)OC3=O. The number of cyclic esters (lactones) is 4. The van der Waals surface area contributed by atoms with Crippen molar-refractivity contribution in [1.29, 1.82) is 0 Å². The number of hydrogen-bond acceptors (Lipinski definition) is 6. The van der Waals surface area contributed by atoms with Gasteiger partial charge in [0, 0.05) is 0 Å². The number of allylic oxidation sites excluding steroid dienone is 2. The molecule has 22 heavy (non-hydrogen) atoms. The second-order valence-corrected chi connectivity index (χ2v) is 5.27. The molecule has 0 atom stereocenters. The zero-order valence-corrected chi connectivity index (χ0v) is 11.1. The Morgan fingerprint density at radius 1 is 0.727 bits per heavy atom. The maximum atomic E-state index is 12.2. The molecule has 0 amide bonds. The largest absolute Gasteiger partial charge is 0.391 e. The molecule has 0 unspecified atom stereocenters. The highest BCUT2D eigenvalue weighted by molar-refractivity contribution is 6.30. The minimum atomic E-state index is -2.05. The Morgan fingerprint density at radius 3 is 1.86 bits per heavy atom. The van der Waals surface area contributed by atoms with Crippen molar-refractivity contribution in [1.82, 2.24) is 0 Å². The summed E-state index contributed by atoms with van der Waals surface area (Å²) in [5.74, 6) is -4.31. The molecule has 1 aromatic carbocycles. The van der Waals surface area contributed by atoms with Gasteiger partial charge in [0.2, 0.25) is 10.8 Å². The number of benzene rings is 1. The molecule has 0 aromatic heterocycles. The van der Waals surface area contributed by atoms with Crippen LogP contribution in [0.15, 0.2) is 48.6 Å². The first-order chi connectivity index (χ1) is 10.5. The van der Waals surface area contributed by atoms with Gasteiger partial charge in [-0.3, -0.25) is 0 Å². The molecule has 0 N–H and O–H groups in total. The fourth-order valence-corrected chi connectivity index (χ4v) is 3.11. The molecule has 0 spiro atoms. The van der Waals surface area contributed by atoms with Gasteiger partial charge in [-0.1, -0.05) is 42.5 Å². The fourth-order valence-electron chi connectivity index (χ4n) is 3.11. The van der Waals surface area contributed by atoms with E-state index < -0.39 is 34.7 Å². The van der Waals surface area contributed by atoms with Gasteiger partial charge in [0.15, 0.2) is 0 Å². The normalized spacial score (nSPS) is 32.3. The second kappa shape index (κ2) is 3.79. The summed E-state index contributed by atoms with van der Waals surface area (Å²) < 4.78 is 9.17. The summed E-state index contributed by atoms with van der Waals surface area (Å²) in [4.78, 5) is 48.4. The van der Waals surface area contributed by atoms with Crippen LogP contribution in [0.3, 0.4) is 0 Å². The van der Waals surface area contributed by atoms with E-state index in [0.717, 1.165) is 5.56 Å².